The maximum absolute atomic E-state index is 13.5. The molecule has 4 amide bonds. The first-order chi connectivity index (χ1) is 13.5. The number of hydrogen-bond acceptors (Lipinski definition) is 4. The molecule has 0 bridgehead atoms. The van der Waals surface area contributed by atoms with Crippen molar-refractivity contribution >= 4 is 28.8 Å². The molecule has 0 spiro atoms. The molecule has 1 atom stereocenters. The molecule has 1 aromatic heterocycles. The third-order valence-corrected chi connectivity index (χ3v) is 5.17. The molecule has 7 nitrogen and oxygen atoms in total. The molecule has 0 unspecified atom stereocenters. The SMILES string of the molecule is O=C1NC(=O)[C@](CN2Cc3ccc(F)cc3C2=O)(c2cc3ccccc3o2)N1. The van der Waals surface area contributed by atoms with Gasteiger partial charge in [0.2, 0.25) is 0 Å². The molecule has 1 fully saturated rings. The van der Waals surface area contributed by atoms with Gasteiger partial charge in [-0.05, 0) is 29.8 Å². The van der Waals surface area contributed by atoms with Gasteiger partial charge in [0.25, 0.3) is 11.8 Å². The second-order valence-electron chi connectivity index (χ2n) is 6.92. The van der Waals surface area contributed by atoms with Crippen molar-refractivity contribution in [2.24, 2.45) is 0 Å². The summed E-state index contributed by atoms with van der Waals surface area (Å²) in [6.07, 6.45) is 0. The van der Waals surface area contributed by atoms with E-state index in [1.165, 1.54) is 17.0 Å². The van der Waals surface area contributed by atoms with Crippen molar-refractivity contribution in [2.75, 3.05) is 6.54 Å². The van der Waals surface area contributed by atoms with E-state index in [2.05, 4.69) is 10.6 Å². The van der Waals surface area contributed by atoms with Crippen molar-refractivity contribution in [1.29, 1.82) is 0 Å². The maximum Gasteiger partial charge on any atom is 0.322 e. The van der Waals surface area contributed by atoms with E-state index in [4.69, 9.17) is 4.42 Å². The molecule has 0 radical (unpaired) electrons. The highest BCUT2D eigenvalue weighted by molar-refractivity contribution is 6.08. The summed E-state index contributed by atoms with van der Waals surface area (Å²) in [6, 6.07) is 12.2. The molecule has 2 aromatic carbocycles. The fourth-order valence-electron chi connectivity index (χ4n) is 3.79. The lowest BCUT2D eigenvalue weighted by Gasteiger charge is -2.29. The lowest BCUT2D eigenvalue weighted by molar-refractivity contribution is -0.125. The lowest BCUT2D eigenvalue weighted by Crippen LogP contribution is -2.52. The van der Waals surface area contributed by atoms with E-state index >= 15 is 0 Å². The predicted molar refractivity (Wildman–Crippen MR) is 95.7 cm³/mol. The van der Waals surface area contributed by atoms with Gasteiger partial charge in [-0.3, -0.25) is 14.9 Å². The van der Waals surface area contributed by atoms with Crippen molar-refractivity contribution in [3.8, 4) is 0 Å². The zero-order valence-corrected chi connectivity index (χ0v) is 14.5. The highest BCUT2D eigenvalue weighted by Crippen LogP contribution is 2.34. The average Bonchev–Trinajstić information content (AvgIpc) is 3.31. The molecule has 2 N–H and O–H groups in total. The van der Waals surface area contributed by atoms with Gasteiger partial charge in [0, 0.05) is 17.5 Å². The molecule has 140 valence electrons. The summed E-state index contributed by atoms with van der Waals surface area (Å²) >= 11 is 0. The van der Waals surface area contributed by atoms with Gasteiger partial charge in [0.05, 0.1) is 6.54 Å². The molecule has 3 heterocycles. The minimum absolute atomic E-state index is 0.139. The number of nitrogens with one attached hydrogen (secondary N) is 2. The van der Waals surface area contributed by atoms with Crippen LogP contribution < -0.4 is 10.6 Å². The van der Waals surface area contributed by atoms with Crippen LogP contribution in [0.3, 0.4) is 0 Å². The summed E-state index contributed by atoms with van der Waals surface area (Å²) in [7, 11) is 0. The number of carbonyl (C=O) groups is 3. The Morgan fingerprint density at radius 3 is 2.68 bits per heavy atom. The molecule has 28 heavy (non-hydrogen) atoms. The average molecular weight is 379 g/mol. The Hall–Kier alpha value is -3.68. The van der Waals surface area contributed by atoms with Crippen LogP contribution in [0.4, 0.5) is 9.18 Å². The van der Waals surface area contributed by atoms with Crippen LogP contribution in [0.1, 0.15) is 21.7 Å². The van der Waals surface area contributed by atoms with Crippen LogP contribution in [0.15, 0.2) is 52.9 Å². The van der Waals surface area contributed by atoms with Crippen molar-refractivity contribution in [3.05, 3.63) is 71.2 Å². The number of halogens is 1. The van der Waals surface area contributed by atoms with Gasteiger partial charge in [-0.15, -0.1) is 0 Å². The van der Waals surface area contributed by atoms with Gasteiger partial charge in [-0.2, -0.15) is 0 Å². The number of urea groups is 1. The van der Waals surface area contributed by atoms with E-state index in [-0.39, 0.29) is 24.4 Å². The fraction of sp³-hybridized carbons (Fsp3) is 0.150. The zero-order valence-electron chi connectivity index (χ0n) is 14.5. The van der Waals surface area contributed by atoms with Crippen LogP contribution in [0.2, 0.25) is 0 Å². The van der Waals surface area contributed by atoms with Gasteiger partial charge in [0.1, 0.15) is 17.2 Å². The van der Waals surface area contributed by atoms with Crippen LogP contribution in [-0.4, -0.2) is 29.3 Å². The number of benzene rings is 2. The summed E-state index contributed by atoms with van der Waals surface area (Å²) in [5.41, 5.74) is -0.0869. The van der Waals surface area contributed by atoms with Gasteiger partial charge in [-0.1, -0.05) is 24.3 Å². The number of rotatable bonds is 3. The Labute approximate surface area is 158 Å². The van der Waals surface area contributed by atoms with Gasteiger partial charge in [-0.25, -0.2) is 9.18 Å². The largest absolute Gasteiger partial charge is 0.458 e. The Morgan fingerprint density at radius 1 is 1.11 bits per heavy atom. The van der Waals surface area contributed by atoms with Gasteiger partial charge in [0.15, 0.2) is 5.54 Å². The van der Waals surface area contributed by atoms with Crippen LogP contribution in [0.25, 0.3) is 11.0 Å². The molecule has 8 heteroatoms. The molecule has 0 aliphatic carbocycles. The Bertz CT molecular complexity index is 1140. The Balaban J connectivity index is 1.56. The molecule has 3 aromatic rings. The van der Waals surface area contributed by atoms with Gasteiger partial charge < -0.3 is 14.6 Å². The molecule has 5 rings (SSSR count). The summed E-state index contributed by atoms with van der Waals surface area (Å²) in [5.74, 6) is -1.29. The van der Waals surface area contributed by atoms with Crippen LogP contribution in [-0.2, 0) is 16.9 Å². The second kappa shape index (κ2) is 5.66. The first kappa shape index (κ1) is 16.5. The van der Waals surface area contributed by atoms with Crippen molar-refractivity contribution < 1.29 is 23.2 Å². The topological polar surface area (TPSA) is 91.7 Å². The smallest absolute Gasteiger partial charge is 0.322 e. The number of para-hydroxylation sites is 1. The van der Waals surface area contributed by atoms with E-state index in [1.807, 2.05) is 12.1 Å². The molecule has 1 saturated heterocycles. The highest BCUT2D eigenvalue weighted by Gasteiger charge is 2.52. The number of imide groups is 1. The van der Waals surface area contributed by atoms with E-state index < -0.39 is 29.2 Å². The zero-order chi connectivity index (χ0) is 19.5. The van der Waals surface area contributed by atoms with Crippen molar-refractivity contribution in [1.82, 2.24) is 15.5 Å². The third kappa shape index (κ3) is 2.31. The number of fused-ring (bicyclic) bond motifs is 2. The number of hydrogen-bond donors (Lipinski definition) is 2. The van der Waals surface area contributed by atoms with E-state index in [9.17, 15) is 18.8 Å². The summed E-state index contributed by atoms with van der Waals surface area (Å²) in [4.78, 5) is 38.9. The molecular weight excluding hydrogens is 365 g/mol. The highest BCUT2D eigenvalue weighted by atomic mass is 19.1. The standard InChI is InChI=1S/C20H14FN3O4/c21-13-6-5-12-9-24(17(25)14(12)8-13)10-20(18(26)22-19(27)23-20)16-7-11-3-1-2-4-15(11)28-16/h1-8H,9-10H2,(H2,22,23,26,27)/t20-/m0/s1. The number of furan rings is 1. The number of amides is 4. The summed E-state index contributed by atoms with van der Waals surface area (Å²) in [6.45, 7) is 0.0686. The van der Waals surface area contributed by atoms with Gasteiger partial charge >= 0.3 is 6.03 Å². The quantitative estimate of drug-likeness (QED) is 0.683. The second-order valence-corrected chi connectivity index (χ2v) is 6.92. The monoisotopic (exact) mass is 379 g/mol. The first-order valence-electron chi connectivity index (χ1n) is 8.67. The van der Waals surface area contributed by atoms with Crippen LogP contribution in [0, 0.1) is 5.82 Å². The first-order valence-corrected chi connectivity index (χ1v) is 8.67. The fourth-order valence-corrected chi connectivity index (χ4v) is 3.79. The summed E-state index contributed by atoms with van der Waals surface area (Å²) < 4.78 is 19.4. The van der Waals surface area contributed by atoms with Crippen LogP contribution in [0.5, 0.6) is 0 Å². The van der Waals surface area contributed by atoms with E-state index in [1.54, 1.807) is 24.3 Å². The minimum Gasteiger partial charge on any atom is -0.458 e. The summed E-state index contributed by atoms with van der Waals surface area (Å²) in [5, 5.41) is 5.61. The van der Waals surface area contributed by atoms with E-state index in [0.717, 1.165) is 5.39 Å². The lowest BCUT2D eigenvalue weighted by atomic mass is 9.95. The third-order valence-electron chi connectivity index (χ3n) is 5.17. The molecule has 2 aliphatic heterocycles. The number of carbonyl (C=O) groups excluding carboxylic acids is 3. The number of nitrogens with zero attached hydrogens (tertiary/aromatic N) is 1. The molecule has 0 saturated carbocycles. The maximum atomic E-state index is 13.5. The Morgan fingerprint density at radius 2 is 1.93 bits per heavy atom. The molecule has 2 aliphatic rings. The van der Waals surface area contributed by atoms with E-state index in [0.29, 0.717) is 11.1 Å². The normalized spacial score (nSPS) is 21.2. The minimum atomic E-state index is -1.56. The Kier molecular flexibility index (Phi) is 3.33. The van der Waals surface area contributed by atoms with Crippen molar-refractivity contribution in [2.45, 2.75) is 12.1 Å². The predicted octanol–water partition coefficient (Wildman–Crippen LogP) is 2.26. The molecular formula is C20H14FN3O4. The van der Waals surface area contributed by atoms with Crippen molar-refractivity contribution in [3.63, 3.8) is 0 Å². The van der Waals surface area contributed by atoms with Crippen LogP contribution >= 0.6 is 0 Å².